The molecule has 0 radical (unpaired) electrons. The van der Waals surface area contributed by atoms with Crippen molar-refractivity contribution in [2.75, 3.05) is 37.7 Å². The minimum atomic E-state index is -0.218. The van der Waals surface area contributed by atoms with E-state index in [0.717, 1.165) is 42.7 Å². The molecule has 0 aliphatic carbocycles. The van der Waals surface area contributed by atoms with E-state index < -0.39 is 0 Å². The van der Waals surface area contributed by atoms with E-state index in [1.165, 1.54) is 0 Å². The number of hydrogen-bond donors (Lipinski definition) is 0. The van der Waals surface area contributed by atoms with Crippen molar-refractivity contribution in [2.24, 2.45) is 0 Å². The van der Waals surface area contributed by atoms with E-state index in [1.807, 2.05) is 13.0 Å². The van der Waals surface area contributed by atoms with Gasteiger partial charge in [-0.1, -0.05) is 13.3 Å². The molecule has 140 valence electrons. The van der Waals surface area contributed by atoms with Crippen LogP contribution in [-0.4, -0.2) is 61.0 Å². The number of amides is 1. The molecule has 2 fully saturated rings. The Morgan fingerprint density at radius 2 is 2.04 bits per heavy atom. The highest BCUT2D eigenvalue weighted by Gasteiger charge is 2.37. The van der Waals surface area contributed by atoms with Crippen molar-refractivity contribution < 1.29 is 18.7 Å². The SMILES string of the molecule is CCCCOC(=O)N1CC2CN(c3ccc4oc(C)nc4c3)CC(C1)O2. The molecule has 1 aromatic carbocycles. The van der Waals surface area contributed by atoms with Gasteiger partial charge in [0.15, 0.2) is 11.5 Å². The van der Waals surface area contributed by atoms with Crippen LogP contribution < -0.4 is 4.90 Å². The number of benzene rings is 1. The Bertz CT molecular complexity index is 776. The van der Waals surface area contributed by atoms with E-state index in [9.17, 15) is 4.79 Å². The van der Waals surface area contributed by atoms with Crippen LogP contribution in [0.5, 0.6) is 0 Å². The summed E-state index contributed by atoms with van der Waals surface area (Å²) in [7, 11) is 0. The van der Waals surface area contributed by atoms with E-state index in [-0.39, 0.29) is 18.3 Å². The number of carbonyl (C=O) groups is 1. The minimum absolute atomic E-state index is 0.00373. The molecule has 4 rings (SSSR count). The number of carbonyl (C=O) groups excluding carboxylic acids is 1. The molecule has 0 saturated carbocycles. The zero-order chi connectivity index (χ0) is 18.1. The average molecular weight is 359 g/mol. The van der Waals surface area contributed by atoms with Crippen LogP contribution in [0.4, 0.5) is 10.5 Å². The molecule has 2 aliphatic heterocycles. The number of aryl methyl sites for hydroxylation is 1. The summed E-state index contributed by atoms with van der Waals surface area (Å²) in [5, 5.41) is 0. The molecule has 0 N–H and O–H groups in total. The third-order valence-electron chi connectivity index (χ3n) is 4.91. The van der Waals surface area contributed by atoms with Gasteiger partial charge in [-0.2, -0.15) is 0 Å². The van der Waals surface area contributed by atoms with Crippen LogP contribution in [0.2, 0.25) is 0 Å². The maximum atomic E-state index is 12.2. The van der Waals surface area contributed by atoms with Gasteiger partial charge in [-0.15, -0.1) is 0 Å². The number of anilines is 1. The maximum absolute atomic E-state index is 12.2. The zero-order valence-electron chi connectivity index (χ0n) is 15.3. The maximum Gasteiger partial charge on any atom is 0.409 e. The summed E-state index contributed by atoms with van der Waals surface area (Å²) < 4.78 is 16.9. The second-order valence-electron chi connectivity index (χ2n) is 7.04. The fourth-order valence-corrected chi connectivity index (χ4v) is 3.67. The quantitative estimate of drug-likeness (QED) is 0.782. The van der Waals surface area contributed by atoms with Crippen molar-refractivity contribution in [3.8, 4) is 0 Å². The Labute approximate surface area is 152 Å². The number of oxazole rings is 1. The summed E-state index contributed by atoms with van der Waals surface area (Å²) in [6.07, 6.45) is 1.70. The summed E-state index contributed by atoms with van der Waals surface area (Å²) in [4.78, 5) is 20.7. The van der Waals surface area contributed by atoms with Gasteiger partial charge >= 0.3 is 6.09 Å². The van der Waals surface area contributed by atoms with Gasteiger partial charge in [0, 0.05) is 25.7 Å². The number of ether oxygens (including phenoxy) is 2. The second kappa shape index (κ2) is 7.15. The molecular formula is C19H25N3O4. The van der Waals surface area contributed by atoms with Crippen LogP contribution in [0, 0.1) is 6.92 Å². The number of fused-ring (bicyclic) bond motifs is 3. The number of unbranched alkanes of at least 4 members (excludes halogenated alkanes) is 1. The molecule has 7 nitrogen and oxygen atoms in total. The third-order valence-corrected chi connectivity index (χ3v) is 4.91. The lowest BCUT2D eigenvalue weighted by Gasteiger charge is -2.46. The molecule has 2 aliphatic rings. The highest BCUT2D eigenvalue weighted by Crippen LogP contribution is 2.27. The number of morpholine rings is 2. The van der Waals surface area contributed by atoms with Crippen molar-refractivity contribution in [2.45, 2.75) is 38.9 Å². The monoisotopic (exact) mass is 359 g/mol. The van der Waals surface area contributed by atoms with E-state index in [1.54, 1.807) is 4.90 Å². The number of hydrogen-bond acceptors (Lipinski definition) is 6. The highest BCUT2D eigenvalue weighted by molar-refractivity contribution is 5.77. The van der Waals surface area contributed by atoms with Gasteiger partial charge in [0.05, 0.1) is 31.9 Å². The van der Waals surface area contributed by atoms with Gasteiger partial charge in [0.25, 0.3) is 0 Å². The van der Waals surface area contributed by atoms with Gasteiger partial charge in [-0.3, -0.25) is 0 Å². The van der Waals surface area contributed by atoms with Gasteiger partial charge < -0.3 is 23.7 Å². The van der Waals surface area contributed by atoms with Crippen LogP contribution in [0.3, 0.4) is 0 Å². The van der Waals surface area contributed by atoms with E-state index in [4.69, 9.17) is 13.9 Å². The van der Waals surface area contributed by atoms with Crippen molar-refractivity contribution in [1.82, 2.24) is 9.88 Å². The molecule has 2 aromatic rings. The molecule has 7 heteroatoms. The van der Waals surface area contributed by atoms with Crippen LogP contribution in [-0.2, 0) is 9.47 Å². The van der Waals surface area contributed by atoms with E-state index >= 15 is 0 Å². The molecule has 3 heterocycles. The van der Waals surface area contributed by atoms with Gasteiger partial charge in [-0.05, 0) is 24.6 Å². The summed E-state index contributed by atoms with van der Waals surface area (Å²) in [5.41, 5.74) is 2.79. The smallest absolute Gasteiger partial charge is 0.409 e. The summed E-state index contributed by atoms with van der Waals surface area (Å²) in [6, 6.07) is 6.09. The first-order valence-electron chi connectivity index (χ1n) is 9.31. The number of nitrogens with zero attached hydrogens (tertiary/aromatic N) is 3. The Kier molecular flexibility index (Phi) is 4.72. The molecule has 1 aromatic heterocycles. The van der Waals surface area contributed by atoms with Crippen LogP contribution in [0.15, 0.2) is 22.6 Å². The first kappa shape index (κ1) is 17.1. The molecule has 2 atom stereocenters. The van der Waals surface area contributed by atoms with Gasteiger partial charge in [-0.25, -0.2) is 9.78 Å². The van der Waals surface area contributed by atoms with Gasteiger partial charge in [0.1, 0.15) is 5.52 Å². The lowest BCUT2D eigenvalue weighted by Crippen LogP contribution is -2.60. The Morgan fingerprint density at radius 1 is 1.27 bits per heavy atom. The van der Waals surface area contributed by atoms with Crippen molar-refractivity contribution in [1.29, 1.82) is 0 Å². The molecule has 2 unspecified atom stereocenters. The molecular weight excluding hydrogens is 334 g/mol. The summed E-state index contributed by atoms with van der Waals surface area (Å²) in [6.45, 7) is 7.07. The highest BCUT2D eigenvalue weighted by atomic mass is 16.6. The minimum Gasteiger partial charge on any atom is -0.449 e. The topological polar surface area (TPSA) is 68.0 Å². The molecule has 2 saturated heterocycles. The summed E-state index contributed by atoms with van der Waals surface area (Å²) >= 11 is 0. The first-order chi connectivity index (χ1) is 12.6. The molecule has 0 spiro atoms. The molecule has 1 amide bonds. The molecule has 26 heavy (non-hydrogen) atoms. The lowest BCUT2D eigenvalue weighted by atomic mass is 10.1. The predicted molar refractivity (Wildman–Crippen MR) is 97.4 cm³/mol. The van der Waals surface area contributed by atoms with Crippen LogP contribution >= 0.6 is 0 Å². The number of aromatic nitrogens is 1. The third kappa shape index (κ3) is 3.49. The average Bonchev–Trinajstić information content (AvgIpc) is 3.00. The van der Waals surface area contributed by atoms with E-state index in [0.29, 0.717) is 25.6 Å². The predicted octanol–water partition coefficient (Wildman–Crippen LogP) is 2.96. The van der Waals surface area contributed by atoms with Crippen molar-refractivity contribution >= 4 is 22.9 Å². The fraction of sp³-hybridized carbons (Fsp3) is 0.579. The van der Waals surface area contributed by atoms with Crippen molar-refractivity contribution in [3.05, 3.63) is 24.1 Å². The van der Waals surface area contributed by atoms with Gasteiger partial charge in [0.2, 0.25) is 0 Å². The summed E-state index contributed by atoms with van der Waals surface area (Å²) in [5.74, 6) is 0.674. The van der Waals surface area contributed by atoms with Crippen LogP contribution in [0.1, 0.15) is 25.7 Å². The second-order valence-corrected chi connectivity index (χ2v) is 7.04. The largest absolute Gasteiger partial charge is 0.449 e. The lowest BCUT2D eigenvalue weighted by molar-refractivity contribution is -0.0890. The molecule has 2 bridgehead atoms. The number of rotatable bonds is 4. The Hall–Kier alpha value is -2.28. The normalized spacial score (nSPS) is 22.7. The standard InChI is InChI=1S/C19H25N3O4/c1-3-4-7-24-19(23)22-11-15-9-21(10-16(12-22)26-15)14-5-6-18-17(8-14)20-13(2)25-18/h5-6,8,15-16H,3-4,7,9-12H2,1-2H3. The Morgan fingerprint density at radius 3 is 2.77 bits per heavy atom. The fourth-order valence-electron chi connectivity index (χ4n) is 3.67. The Balaban J connectivity index is 1.41. The van der Waals surface area contributed by atoms with E-state index in [2.05, 4.69) is 28.9 Å². The van der Waals surface area contributed by atoms with Crippen molar-refractivity contribution in [3.63, 3.8) is 0 Å². The zero-order valence-corrected chi connectivity index (χ0v) is 15.3. The first-order valence-corrected chi connectivity index (χ1v) is 9.31. The van der Waals surface area contributed by atoms with Crippen LogP contribution in [0.25, 0.3) is 11.1 Å².